The molecule has 1 aliphatic rings. The van der Waals surface area contributed by atoms with Crippen molar-refractivity contribution in [1.82, 2.24) is 9.97 Å². The summed E-state index contributed by atoms with van der Waals surface area (Å²) in [6.45, 7) is 1.95. The van der Waals surface area contributed by atoms with Crippen molar-refractivity contribution >= 4 is 39.4 Å². The summed E-state index contributed by atoms with van der Waals surface area (Å²) in [5, 5.41) is 6.90. The van der Waals surface area contributed by atoms with Crippen LogP contribution in [0.2, 0.25) is 0 Å². The van der Waals surface area contributed by atoms with Crippen LogP contribution in [0, 0.1) is 5.92 Å². The van der Waals surface area contributed by atoms with Crippen LogP contribution in [0.15, 0.2) is 66.7 Å². The largest absolute Gasteiger partial charge is 0.458 e. The maximum atomic E-state index is 12.9. The molecule has 1 N–H and O–H groups in total. The van der Waals surface area contributed by atoms with Crippen LogP contribution in [0.5, 0.6) is 0 Å². The summed E-state index contributed by atoms with van der Waals surface area (Å²) < 4.78 is 5.88. The number of fused-ring (bicyclic) bond motifs is 2. The summed E-state index contributed by atoms with van der Waals surface area (Å²) in [6, 6.07) is 22.8. The molecule has 1 unspecified atom stereocenters. The monoisotopic (exact) mass is 468 g/mol. The maximum Gasteiger partial charge on any atom is 0.309 e. The molecule has 1 atom stereocenters. The van der Waals surface area contributed by atoms with E-state index in [1.54, 1.807) is 0 Å². The molecule has 1 aromatic heterocycles. The number of para-hydroxylation sites is 1. The summed E-state index contributed by atoms with van der Waals surface area (Å²) in [6.07, 6.45) is 3.11. The van der Waals surface area contributed by atoms with Crippen LogP contribution < -0.4 is 10.2 Å². The Labute approximate surface area is 206 Å². The number of anilines is 2. The first-order valence-electron chi connectivity index (χ1n) is 12.4. The molecule has 0 radical (unpaired) electrons. The molecule has 0 aliphatic heterocycles. The van der Waals surface area contributed by atoms with Crippen LogP contribution in [-0.2, 0) is 9.53 Å². The number of nitrogens with one attached hydrogen (secondary N) is 1. The predicted octanol–water partition coefficient (Wildman–Crippen LogP) is 6.12. The lowest BCUT2D eigenvalue weighted by Gasteiger charge is -2.29. The highest BCUT2D eigenvalue weighted by atomic mass is 16.5. The molecule has 35 heavy (non-hydrogen) atoms. The third-order valence-electron chi connectivity index (χ3n) is 6.94. The fraction of sp³-hybridized carbons (Fsp3) is 0.345. The third kappa shape index (κ3) is 5.06. The fourth-order valence-corrected chi connectivity index (χ4v) is 4.92. The second-order valence-corrected chi connectivity index (χ2v) is 9.66. The summed E-state index contributed by atoms with van der Waals surface area (Å²) in [5.74, 6) is 1.38. The number of carbonyl (C=O) groups is 1. The lowest BCUT2D eigenvalue weighted by atomic mass is 9.86. The van der Waals surface area contributed by atoms with Gasteiger partial charge in [-0.15, -0.1) is 0 Å². The van der Waals surface area contributed by atoms with Gasteiger partial charge in [-0.1, -0.05) is 48.5 Å². The van der Waals surface area contributed by atoms with Crippen LogP contribution in [-0.4, -0.2) is 36.1 Å². The van der Waals surface area contributed by atoms with E-state index in [9.17, 15) is 4.79 Å². The zero-order valence-corrected chi connectivity index (χ0v) is 20.6. The highest BCUT2D eigenvalue weighted by Gasteiger charge is 2.29. The molecule has 6 heteroatoms. The Kier molecular flexibility index (Phi) is 6.53. The fourth-order valence-electron chi connectivity index (χ4n) is 4.92. The van der Waals surface area contributed by atoms with Gasteiger partial charge < -0.3 is 15.0 Å². The van der Waals surface area contributed by atoms with Crippen molar-refractivity contribution in [2.45, 2.75) is 44.8 Å². The molecular formula is C29H32N4O2. The van der Waals surface area contributed by atoms with Gasteiger partial charge >= 0.3 is 5.97 Å². The van der Waals surface area contributed by atoms with E-state index < -0.39 is 0 Å². The van der Waals surface area contributed by atoms with E-state index in [0.717, 1.165) is 53.4 Å². The van der Waals surface area contributed by atoms with Gasteiger partial charge in [0, 0.05) is 25.5 Å². The minimum Gasteiger partial charge on any atom is -0.458 e. The second-order valence-electron chi connectivity index (χ2n) is 9.66. The third-order valence-corrected chi connectivity index (χ3v) is 6.94. The highest BCUT2D eigenvalue weighted by Crippen LogP contribution is 2.31. The van der Waals surface area contributed by atoms with Crippen LogP contribution in [0.1, 0.15) is 44.3 Å². The number of benzene rings is 3. The van der Waals surface area contributed by atoms with Crippen LogP contribution in [0.4, 0.5) is 11.8 Å². The van der Waals surface area contributed by atoms with Gasteiger partial charge in [0.2, 0.25) is 5.95 Å². The topological polar surface area (TPSA) is 67.3 Å². The molecule has 180 valence electrons. The predicted molar refractivity (Wildman–Crippen MR) is 142 cm³/mol. The Morgan fingerprint density at radius 2 is 1.66 bits per heavy atom. The molecule has 1 fully saturated rings. The lowest BCUT2D eigenvalue weighted by molar-refractivity contribution is -0.154. The van der Waals surface area contributed by atoms with Crippen molar-refractivity contribution in [1.29, 1.82) is 0 Å². The van der Waals surface area contributed by atoms with Gasteiger partial charge in [0.05, 0.1) is 11.4 Å². The molecule has 0 saturated heterocycles. The Morgan fingerprint density at radius 1 is 0.943 bits per heavy atom. The number of hydrogen-bond donors (Lipinski definition) is 1. The molecule has 3 aromatic carbocycles. The summed E-state index contributed by atoms with van der Waals surface area (Å²) >= 11 is 0. The van der Waals surface area contributed by atoms with Crippen LogP contribution >= 0.6 is 0 Å². The zero-order chi connectivity index (χ0) is 24.4. The van der Waals surface area contributed by atoms with Gasteiger partial charge in [0.25, 0.3) is 0 Å². The first-order chi connectivity index (χ1) is 17.0. The highest BCUT2D eigenvalue weighted by molar-refractivity contribution is 5.90. The number of aromatic nitrogens is 2. The SMILES string of the molecule is CC(OC(=O)[C@H]1CC[C@@H](Nc2nc(N(C)C)c3ccccc3n2)CC1)c1ccc2ccccc2c1. The summed E-state index contributed by atoms with van der Waals surface area (Å²) in [7, 11) is 3.99. The van der Waals surface area contributed by atoms with Gasteiger partial charge in [-0.05, 0) is 67.1 Å². The summed E-state index contributed by atoms with van der Waals surface area (Å²) in [5.41, 5.74) is 1.95. The standard InChI is InChI=1S/C29H32N4O2/c1-19(22-13-12-20-8-4-5-9-23(20)18-22)35-28(34)21-14-16-24(17-15-21)30-29-31-26-11-7-6-10-25(26)27(32-29)33(2)3/h4-13,18-19,21,24H,14-17H2,1-3H3,(H,30,31,32)/t19?,21-,24+. The first kappa shape index (κ1) is 23.1. The van der Waals surface area contributed by atoms with Gasteiger partial charge in [0.1, 0.15) is 11.9 Å². The number of esters is 1. The number of hydrogen-bond acceptors (Lipinski definition) is 6. The van der Waals surface area contributed by atoms with E-state index in [0.29, 0.717) is 5.95 Å². The lowest BCUT2D eigenvalue weighted by Crippen LogP contribution is -2.31. The maximum absolute atomic E-state index is 12.9. The van der Waals surface area contributed by atoms with E-state index >= 15 is 0 Å². The van der Waals surface area contributed by atoms with Crippen molar-refractivity contribution in [2.75, 3.05) is 24.3 Å². The number of carbonyl (C=O) groups excluding carboxylic acids is 1. The van der Waals surface area contributed by atoms with E-state index in [1.807, 2.05) is 68.4 Å². The number of ether oxygens (including phenoxy) is 1. The van der Waals surface area contributed by atoms with E-state index in [2.05, 4.69) is 29.6 Å². The number of nitrogens with zero attached hydrogens (tertiary/aromatic N) is 3. The van der Waals surface area contributed by atoms with Crippen molar-refractivity contribution in [3.05, 3.63) is 72.3 Å². The second kappa shape index (κ2) is 9.90. The van der Waals surface area contributed by atoms with Gasteiger partial charge in [-0.3, -0.25) is 4.79 Å². The van der Waals surface area contributed by atoms with E-state index in [-0.39, 0.29) is 24.0 Å². The smallest absolute Gasteiger partial charge is 0.309 e. The molecule has 0 spiro atoms. The molecule has 0 amide bonds. The number of rotatable bonds is 6. The zero-order valence-electron chi connectivity index (χ0n) is 20.6. The average molecular weight is 469 g/mol. The quantitative estimate of drug-likeness (QED) is 0.344. The molecule has 0 bridgehead atoms. The Balaban J connectivity index is 1.19. The van der Waals surface area contributed by atoms with Crippen molar-refractivity contribution in [3.8, 4) is 0 Å². The first-order valence-corrected chi connectivity index (χ1v) is 12.4. The normalized spacial score (nSPS) is 18.8. The van der Waals surface area contributed by atoms with Crippen molar-refractivity contribution in [2.24, 2.45) is 5.92 Å². The van der Waals surface area contributed by atoms with E-state index in [1.165, 1.54) is 5.39 Å². The molecule has 5 rings (SSSR count). The van der Waals surface area contributed by atoms with Crippen LogP contribution in [0.3, 0.4) is 0 Å². The molecule has 1 aliphatic carbocycles. The molecule has 1 heterocycles. The molecule has 4 aromatic rings. The Bertz CT molecular complexity index is 1350. The molecule has 6 nitrogen and oxygen atoms in total. The van der Waals surface area contributed by atoms with Gasteiger partial charge in [-0.2, -0.15) is 4.98 Å². The van der Waals surface area contributed by atoms with E-state index in [4.69, 9.17) is 14.7 Å². The Hall–Kier alpha value is -3.67. The molecule has 1 saturated carbocycles. The van der Waals surface area contributed by atoms with Gasteiger partial charge in [-0.25, -0.2) is 4.98 Å². The Morgan fingerprint density at radius 3 is 2.43 bits per heavy atom. The average Bonchev–Trinajstić information content (AvgIpc) is 2.88. The van der Waals surface area contributed by atoms with Crippen molar-refractivity contribution in [3.63, 3.8) is 0 Å². The minimum absolute atomic E-state index is 0.0641. The van der Waals surface area contributed by atoms with Crippen LogP contribution in [0.25, 0.3) is 21.7 Å². The molecular weight excluding hydrogens is 436 g/mol. The van der Waals surface area contributed by atoms with Gasteiger partial charge in [0.15, 0.2) is 0 Å². The summed E-state index contributed by atoms with van der Waals surface area (Å²) in [4.78, 5) is 24.4. The minimum atomic E-state index is -0.265. The van der Waals surface area contributed by atoms with Crippen molar-refractivity contribution < 1.29 is 9.53 Å².